The van der Waals surface area contributed by atoms with Crippen LogP contribution < -0.4 is 10.1 Å². The molecule has 2 aromatic carbocycles. The number of hydrogen-bond donors (Lipinski definition) is 1. The fraction of sp³-hybridized carbons (Fsp3) is 0.211. The van der Waals surface area contributed by atoms with E-state index >= 15 is 0 Å². The summed E-state index contributed by atoms with van der Waals surface area (Å²) in [5.41, 5.74) is 1.10. The molecule has 1 amide bonds. The molecule has 0 saturated carbocycles. The van der Waals surface area contributed by atoms with E-state index in [2.05, 4.69) is 15.5 Å². The Morgan fingerprint density at radius 1 is 1.27 bits per heavy atom. The fourth-order valence-corrected chi connectivity index (χ4v) is 3.52. The Hall–Kier alpha value is -3.11. The average molecular weight is 448 g/mol. The maximum atomic E-state index is 12.2. The van der Waals surface area contributed by atoms with Crippen molar-refractivity contribution in [2.75, 3.05) is 18.2 Å². The molecule has 0 saturated heterocycles. The lowest BCUT2D eigenvalue weighted by atomic mass is 10.1. The van der Waals surface area contributed by atoms with Gasteiger partial charge < -0.3 is 14.6 Å². The second-order valence-electron chi connectivity index (χ2n) is 6.24. The lowest BCUT2D eigenvalue weighted by molar-refractivity contribution is -0.384. The molecule has 9 nitrogen and oxygen atoms in total. The first-order valence-corrected chi connectivity index (χ1v) is 10.1. The number of benzene rings is 2. The molecule has 11 heteroatoms. The number of nitro groups is 1. The molecule has 0 radical (unpaired) electrons. The highest BCUT2D eigenvalue weighted by molar-refractivity contribution is 7.99. The van der Waals surface area contributed by atoms with Gasteiger partial charge in [-0.1, -0.05) is 35.5 Å². The number of carbonyl (C=O) groups excluding carboxylic acids is 1. The summed E-state index contributed by atoms with van der Waals surface area (Å²) in [4.78, 5) is 22.6. The van der Waals surface area contributed by atoms with Crippen molar-refractivity contribution < 1.29 is 14.5 Å². The molecule has 0 aliphatic heterocycles. The fourth-order valence-electron chi connectivity index (χ4n) is 2.61. The monoisotopic (exact) mass is 447 g/mol. The predicted octanol–water partition coefficient (Wildman–Crippen LogP) is 3.71. The summed E-state index contributed by atoms with van der Waals surface area (Å²) >= 11 is 7.00. The summed E-state index contributed by atoms with van der Waals surface area (Å²) in [6.45, 7) is 0. The van der Waals surface area contributed by atoms with Crippen molar-refractivity contribution in [3.05, 3.63) is 69.0 Å². The highest BCUT2D eigenvalue weighted by Crippen LogP contribution is 2.27. The summed E-state index contributed by atoms with van der Waals surface area (Å²) in [5, 5.41) is 22.5. The smallest absolute Gasteiger partial charge is 0.289 e. The predicted molar refractivity (Wildman–Crippen MR) is 114 cm³/mol. The van der Waals surface area contributed by atoms with Crippen LogP contribution in [0, 0.1) is 10.1 Å². The van der Waals surface area contributed by atoms with Gasteiger partial charge >= 0.3 is 0 Å². The quantitative estimate of drug-likeness (QED) is 0.318. The normalized spacial score (nSPS) is 10.6. The van der Waals surface area contributed by atoms with Crippen molar-refractivity contribution in [3.8, 4) is 5.75 Å². The van der Waals surface area contributed by atoms with E-state index in [1.165, 1.54) is 30.0 Å². The summed E-state index contributed by atoms with van der Waals surface area (Å²) < 4.78 is 6.98. The topological polar surface area (TPSA) is 112 Å². The van der Waals surface area contributed by atoms with Crippen LogP contribution in [0.2, 0.25) is 5.02 Å². The maximum absolute atomic E-state index is 12.2. The number of halogens is 1. The molecular formula is C19H18ClN5O4S. The Labute approximate surface area is 181 Å². The van der Waals surface area contributed by atoms with Gasteiger partial charge in [-0.15, -0.1) is 10.2 Å². The number of carbonyl (C=O) groups is 1. The van der Waals surface area contributed by atoms with Gasteiger partial charge in [-0.3, -0.25) is 14.9 Å². The van der Waals surface area contributed by atoms with E-state index in [0.29, 0.717) is 17.3 Å². The number of nitro benzene ring substituents is 1. The van der Waals surface area contributed by atoms with E-state index < -0.39 is 4.92 Å². The number of methoxy groups -OCH3 is 1. The van der Waals surface area contributed by atoms with Crippen LogP contribution in [0.25, 0.3) is 0 Å². The number of amides is 1. The van der Waals surface area contributed by atoms with E-state index in [1.54, 1.807) is 7.11 Å². The number of nitrogens with one attached hydrogen (secondary N) is 1. The number of aromatic nitrogens is 3. The van der Waals surface area contributed by atoms with Crippen LogP contribution in [0.3, 0.4) is 0 Å². The molecule has 1 N–H and O–H groups in total. The van der Waals surface area contributed by atoms with Gasteiger partial charge in [0, 0.05) is 25.2 Å². The van der Waals surface area contributed by atoms with Crippen molar-refractivity contribution in [1.82, 2.24) is 14.8 Å². The van der Waals surface area contributed by atoms with Gasteiger partial charge in [-0.25, -0.2) is 0 Å². The van der Waals surface area contributed by atoms with Crippen LogP contribution in [0.15, 0.2) is 47.6 Å². The summed E-state index contributed by atoms with van der Waals surface area (Å²) in [6, 6.07) is 11.8. The molecule has 1 heterocycles. The molecule has 0 atom stereocenters. The first-order chi connectivity index (χ1) is 14.4. The van der Waals surface area contributed by atoms with Crippen LogP contribution in [-0.4, -0.2) is 38.5 Å². The standard InChI is InChI=1S/C19H18ClN5O4S/c1-24-17(9-12-3-6-14(29-2)7-4-12)22-23-19(24)30-11-18(26)21-13-5-8-15(20)16(10-13)25(27)28/h3-8,10H,9,11H2,1-2H3,(H,21,26). The molecule has 1 aromatic heterocycles. The minimum atomic E-state index is -0.601. The second-order valence-corrected chi connectivity index (χ2v) is 7.59. The van der Waals surface area contributed by atoms with Crippen LogP contribution in [-0.2, 0) is 18.3 Å². The number of ether oxygens (including phenoxy) is 1. The maximum Gasteiger partial charge on any atom is 0.289 e. The van der Waals surface area contributed by atoms with Gasteiger partial charge in [0.2, 0.25) is 5.91 Å². The SMILES string of the molecule is COc1ccc(Cc2nnc(SCC(=O)Nc3ccc(Cl)c([N+](=O)[O-])c3)n2C)cc1. The van der Waals surface area contributed by atoms with Crippen molar-refractivity contribution in [1.29, 1.82) is 0 Å². The Bertz CT molecular complexity index is 1070. The van der Waals surface area contributed by atoms with Crippen LogP contribution in [0.5, 0.6) is 5.75 Å². The zero-order chi connectivity index (χ0) is 21.7. The van der Waals surface area contributed by atoms with Gasteiger partial charge in [0.05, 0.1) is 17.8 Å². The van der Waals surface area contributed by atoms with Crippen LogP contribution in [0.4, 0.5) is 11.4 Å². The molecule has 0 fully saturated rings. The van der Waals surface area contributed by atoms with E-state index in [9.17, 15) is 14.9 Å². The second kappa shape index (κ2) is 9.59. The van der Waals surface area contributed by atoms with Gasteiger partial charge in [0.15, 0.2) is 5.16 Å². The first kappa shape index (κ1) is 21.6. The number of hydrogen-bond acceptors (Lipinski definition) is 7. The largest absolute Gasteiger partial charge is 0.497 e. The minimum absolute atomic E-state index is 0.0100. The number of thioether (sulfide) groups is 1. The lowest BCUT2D eigenvalue weighted by Gasteiger charge is -2.06. The van der Waals surface area contributed by atoms with Gasteiger partial charge in [-0.2, -0.15) is 0 Å². The molecule has 156 valence electrons. The number of nitrogens with zero attached hydrogens (tertiary/aromatic N) is 4. The molecule has 0 unspecified atom stereocenters. The number of anilines is 1. The van der Waals surface area contributed by atoms with Crippen molar-refractivity contribution >= 4 is 40.6 Å². The highest BCUT2D eigenvalue weighted by Gasteiger charge is 2.15. The zero-order valence-corrected chi connectivity index (χ0v) is 17.7. The summed E-state index contributed by atoms with van der Waals surface area (Å²) in [6.07, 6.45) is 0.592. The molecule has 30 heavy (non-hydrogen) atoms. The van der Waals surface area contributed by atoms with Crippen molar-refractivity contribution in [3.63, 3.8) is 0 Å². The highest BCUT2D eigenvalue weighted by atomic mass is 35.5. The van der Waals surface area contributed by atoms with Gasteiger partial charge in [0.25, 0.3) is 5.69 Å². The van der Waals surface area contributed by atoms with Crippen molar-refractivity contribution in [2.24, 2.45) is 7.05 Å². The Balaban J connectivity index is 1.59. The van der Waals surface area contributed by atoms with Crippen LogP contribution >= 0.6 is 23.4 Å². The van der Waals surface area contributed by atoms with Gasteiger partial charge in [0.1, 0.15) is 16.6 Å². The molecule has 0 aliphatic rings. The first-order valence-electron chi connectivity index (χ1n) is 8.75. The van der Waals surface area contributed by atoms with Crippen molar-refractivity contribution in [2.45, 2.75) is 11.6 Å². The lowest BCUT2D eigenvalue weighted by Crippen LogP contribution is -2.14. The van der Waals surface area contributed by atoms with E-state index in [-0.39, 0.29) is 22.4 Å². The summed E-state index contributed by atoms with van der Waals surface area (Å²) in [5.74, 6) is 1.29. The third-order valence-corrected chi connectivity index (χ3v) is 5.55. The molecule has 0 aliphatic carbocycles. The third-order valence-electron chi connectivity index (χ3n) is 4.21. The average Bonchev–Trinajstić information content (AvgIpc) is 3.07. The Morgan fingerprint density at radius 3 is 2.67 bits per heavy atom. The summed E-state index contributed by atoms with van der Waals surface area (Å²) in [7, 11) is 3.45. The zero-order valence-electron chi connectivity index (χ0n) is 16.2. The molecule has 3 aromatic rings. The van der Waals surface area contributed by atoms with E-state index in [1.807, 2.05) is 35.9 Å². The molecule has 3 rings (SSSR count). The van der Waals surface area contributed by atoms with E-state index in [0.717, 1.165) is 17.1 Å². The number of rotatable bonds is 8. The van der Waals surface area contributed by atoms with Gasteiger partial charge in [-0.05, 0) is 29.8 Å². The van der Waals surface area contributed by atoms with Crippen LogP contribution in [0.1, 0.15) is 11.4 Å². The molecular weight excluding hydrogens is 430 g/mol. The molecule has 0 spiro atoms. The molecule has 0 bridgehead atoms. The Kier molecular flexibility index (Phi) is 6.91. The Morgan fingerprint density at radius 2 is 2.00 bits per heavy atom. The third kappa shape index (κ3) is 5.28. The minimum Gasteiger partial charge on any atom is -0.497 e. The van der Waals surface area contributed by atoms with E-state index in [4.69, 9.17) is 16.3 Å².